The average Bonchev–Trinajstić information content (AvgIpc) is 2.73. The van der Waals surface area contributed by atoms with Crippen LogP contribution in [0.15, 0.2) is 30.3 Å². The van der Waals surface area contributed by atoms with Crippen molar-refractivity contribution in [1.82, 2.24) is 10.6 Å². The van der Waals surface area contributed by atoms with Crippen molar-refractivity contribution < 1.29 is 4.79 Å². The zero-order valence-electron chi connectivity index (χ0n) is 9.91. The van der Waals surface area contributed by atoms with Crippen LogP contribution in [0.5, 0.6) is 0 Å². The number of hydrogen-bond donors (Lipinski definition) is 2. The number of rotatable bonds is 1. The van der Waals surface area contributed by atoms with Crippen LogP contribution in [0.4, 0.5) is 0 Å². The van der Waals surface area contributed by atoms with Gasteiger partial charge in [0.05, 0.1) is 0 Å². The van der Waals surface area contributed by atoms with Crippen LogP contribution in [0.25, 0.3) is 0 Å². The van der Waals surface area contributed by atoms with Crippen LogP contribution in [0.1, 0.15) is 30.7 Å². The summed E-state index contributed by atoms with van der Waals surface area (Å²) >= 11 is 0. The van der Waals surface area contributed by atoms with Gasteiger partial charge in [-0.1, -0.05) is 30.3 Å². The summed E-state index contributed by atoms with van der Waals surface area (Å²) in [5.74, 6) is 0.622. The third kappa shape index (κ3) is 1.84. The second-order valence-corrected chi connectivity index (χ2v) is 5.12. The predicted octanol–water partition coefficient (Wildman–Crippen LogP) is 1.41. The molecule has 1 aromatic rings. The summed E-state index contributed by atoms with van der Waals surface area (Å²) in [5.41, 5.74) is 1.34. The first-order chi connectivity index (χ1) is 8.30. The fourth-order valence-corrected chi connectivity index (χ4v) is 3.24. The molecule has 3 heteroatoms. The van der Waals surface area contributed by atoms with E-state index >= 15 is 0 Å². The molecular formula is C14H18N2O. The number of hydrogen-bond acceptors (Lipinski definition) is 2. The lowest BCUT2D eigenvalue weighted by molar-refractivity contribution is -0.120. The molecule has 0 saturated carbocycles. The summed E-state index contributed by atoms with van der Waals surface area (Å²) < 4.78 is 0. The number of benzene rings is 1. The Balaban J connectivity index is 1.93. The Hall–Kier alpha value is -1.35. The number of amides is 1. The highest BCUT2D eigenvalue weighted by molar-refractivity contribution is 5.79. The molecule has 1 aromatic carbocycles. The molecule has 0 bridgehead atoms. The van der Waals surface area contributed by atoms with Crippen molar-refractivity contribution in [3.8, 4) is 0 Å². The summed E-state index contributed by atoms with van der Waals surface area (Å²) in [6.45, 7) is 1.97. The lowest BCUT2D eigenvalue weighted by Crippen LogP contribution is -2.55. The Morgan fingerprint density at radius 3 is 2.71 bits per heavy atom. The molecule has 2 saturated heterocycles. The van der Waals surface area contributed by atoms with Gasteiger partial charge in [0.1, 0.15) is 0 Å². The highest BCUT2D eigenvalue weighted by Gasteiger charge is 2.45. The fraction of sp³-hybridized carbons (Fsp3) is 0.500. The first kappa shape index (κ1) is 10.8. The minimum atomic E-state index is 0.00366. The van der Waals surface area contributed by atoms with Gasteiger partial charge in [0.2, 0.25) is 5.91 Å². The van der Waals surface area contributed by atoms with E-state index in [9.17, 15) is 4.79 Å². The van der Waals surface area contributed by atoms with E-state index < -0.39 is 0 Å². The van der Waals surface area contributed by atoms with Crippen LogP contribution >= 0.6 is 0 Å². The summed E-state index contributed by atoms with van der Waals surface area (Å²) in [5, 5.41) is 6.69. The Bertz CT molecular complexity index is 417. The number of nitrogens with one attached hydrogen (secondary N) is 2. The van der Waals surface area contributed by atoms with Crippen molar-refractivity contribution in [3.63, 3.8) is 0 Å². The van der Waals surface area contributed by atoms with E-state index in [1.165, 1.54) is 5.56 Å². The van der Waals surface area contributed by atoms with Crippen molar-refractivity contribution in [2.24, 2.45) is 0 Å². The van der Waals surface area contributed by atoms with Gasteiger partial charge in [-0.15, -0.1) is 0 Å². The molecule has 2 fully saturated rings. The molecule has 2 aliphatic heterocycles. The van der Waals surface area contributed by atoms with Gasteiger partial charge in [0, 0.05) is 24.4 Å². The number of carbonyl (C=O) groups is 1. The monoisotopic (exact) mass is 230 g/mol. The Kier molecular flexibility index (Phi) is 2.63. The average molecular weight is 230 g/mol. The maximum atomic E-state index is 11.6. The van der Waals surface area contributed by atoms with Gasteiger partial charge in [0.15, 0.2) is 0 Å². The topological polar surface area (TPSA) is 41.1 Å². The molecule has 0 radical (unpaired) electrons. The largest absolute Gasteiger partial charge is 0.350 e. The molecule has 3 rings (SSSR count). The lowest BCUT2D eigenvalue weighted by atomic mass is 9.74. The normalized spacial score (nSPS) is 32.7. The van der Waals surface area contributed by atoms with Gasteiger partial charge in [-0.05, 0) is 24.9 Å². The molecular weight excluding hydrogens is 212 g/mol. The molecule has 17 heavy (non-hydrogen) atoms. The molecule has 2 aliphatic rings. The third-order valence-electron chi connectivity index (χ3n) is 4.15. The van der Waals surface area contributed by atoms with Crippen molar-refractivity contribution in [2.45, 2.75) is 30.7 Å². The summed E-state index contributed by atoms with van der Waals surface area (Å²) in [7, 11) is 0. The van der Waals surface area contributed by atoms with Crippen molar-refractivity contribution in [3.05, 3.63) is 35.9 Å². The van der Waals surface area contributed by atoms with Crippen molar-refractivity contribution in [1.29, 1.82) is 0 Å². The van der Waals surface area contributed by atoms with E-state index in [2.05, 4.69) is 34.9 Å². The van der Waals surface area contributed by atoms with E-state index in [-0.39, 0.29) is 11.4 Å². The van der Waals surface area contributed by atoms with Gasteiger partial charge in [-0.25, -0.2) is 0 Å². The second-order valence-electron chi connectivity index (χ2n) is 5.12. The third-order valence-corrected chi connectivity index (χ3v) is 4.15. The van der Waals surface area contributed by atoms with E-state index in [1.807, 2.05) is 6.07 Å². The quantitative estimate of drug-likeness (QED) is 0.766. The summed E-state index contributed by atoms with van der Waals surface area (Å²) in [6, 6.07) is 10.5. The van der Waals surface area contributed by atoms with E-state index in [4.69, 9.17) is 0 Å². The molecule has 0 aliphatic carbocycles. The number of piperidine rings is 1. The van der Waals surface area contributed by atoms with E-state index in [0.717, 1.165) is 25.9 Å². The van der Waals surface area contributed by atoms with Crippen molar-refractivity contribution in [2.75, 3.05) is 13.1 Å². The molecule has 2 atom stereocenters. The smallest absolute Gasteiger partial charge is 0.220 e. The lowest BCUT2D eigenvalue weighted by Gasteiger charge is -2.42. The Morgan fingerprint density at radius 1 is 1.18 bits per heavy atom. The maximum absolute atomic E-state index is 11.6. The molecule has 2 N–H and O–H groups in total. The van der Waals surface area contributed by atoms with E-state index in [1.54, 1.807) is 0 Å². The van der Waals surface area contributed by atoms with Gasteiger partial charge in [-0.3, -0.25) is 4.79 Å². The predicted molar refractivity (Wildman–Crippen MR) is 66.8 cm³/mol. The van der Waals surface area contributed by atoms with Crippen LogP contribution in [0, 0.1) is 0 Å². The van der Waals surface area contributed by atoms with Crippen LogP contribution in [-0.2, 0) is 4.79 Å². The van der Waals surface area contributed by atoms with Crippen LogP contribution < -0.4 is 10.6 Å². The SMILES string of the molecule is O=C1CCC2(CCNCC2c2ccccc2)N1. The Labute approximate surface area is 102 Å². The van der Waals surface area contributed by atoms with E-state index in [0.29, 0.717) is 12.3 Å². The molecule has 1 amide bonds. The first-order valence-corrected chi connectivity index (χ1v) is 6.37. The molecule has 1 spiro atoms. The van der Waals surface area contributed by atoms with Gasteiger partial charge >= 0.3 is 0 Å². The maximum Gasteiger partial charge on any atom is 0.220 e. The first-order valence-electron chi connectivity index (χ1n) is 6.37. The molecule has 2 unspecified atom stereocenters. The highest BCUT2D eigenvalue weighted by atomic mass is 16.2. The van der Waals surface area contributed by atoms with Gasteiger partial charge < -0.3 is 10.6 Å². The van der Waals surface area contributed by atoms with Crippen molar-refractivity contribution >= 4 is 5.91 Å². The summed E-state index contributed by atoms with van der Waals surface area (Å²) in [6.07, 6.45) is 2.70. The second kappa shape index (κ2) is 4.15. The minimum absolute atomic E-state index is 0.00366. The molecule has 3 nitrogen and oxygen atoms in total. The minimum Gasteiger partial charge on any atom is -0.350 e. The number of carbonyl (C=O) groups excluding carboxylic acids is 1. The fourth-order valence-electron chi connectivity index (χ4n) is 3.24. The van der Waals surface area contributed by atoms with Crippen LogP contribution in [0.3, 0.4) is 0 Å². The molecule has 90 valence electrons. The van der Waals surface area contributed by atoms with Crippen LogP contribution in [0.2, 0.25) is 0 Å². The van der Waals surface area contributed by atoms with Gasteiger partial charge in [-0.2, -0.15) is 0 Å². The van der Waals surface area contributed by atoms with Crippen LogP contribution in [-0.4, -0.2) is 24.5 Å². The zero-order chi connectivity index (χ0) is 11.7. The highest BCUT2D eigenvalue weighted by Crippen LogP contribution is 2.39. The Morgan fingerprint density at radius 2 is 2.00 bits per heavy atom. The molecule has 2 heterocycles. The molecule has 0 aromatic heterocycles. The summed E-state index contributed by atoms with van der Waals surface area (Å²) in [4.78, 5) is 11.6. The standard InChI is InChI=1S/C14H18N2O/c17-13-6-7-14(16-13)8-9-15-10-12(14)11-4-2-1-3-5-11/h1-5,12,15H,6-10H2,(H,16,17). The zero-order valence-corrected chi connectivity index (χ0v) is 9.91. The van der Waals surface area contributed by atoms with Gasteiger partial charge in [0.25, 0.3) is 0 Å².